The van der Waals surface area contributed by atoms with Crippen LogP contribution in [0.15, 0.2) is 30.3 Å². The molecule has 0 radical (unpaired) electrons. The van der Waals surface area contributed by atoms with E-state index in [9.17, 15) is 8.42 Å². The second kappa shape index (κ2) is 6.03. The van der Waals surface area contributed by atoms with Crippen LogP contribution in [0.5, 0.6) is 0 Å². The summed E-state index contributed by atoms with van der Waals surface area (Å²) in [6, 6.07) is 9.83. The van der Waals surface area contributed by atoms with Crippen molar-refractivity contribution in [2.24, 2.45) is 0 Å². The molecule has 0 amide bonds. The molecule has 1 heterocycles. The van der Waals surface area contributed by atoms with Gasteiger partial charge >= 0.3 is 0 Å². The maximum atomic E-state index is 11.4. The van der Waals surface area contributed by atoms with Crippen LogP contribution in [-0.2, 0) is 9.84 Å². The molecule has 1 N–H and O–H groups in total. The lowest BCUT2D eigenvalue weighted by Crippen LogP contribution is -2.40. The third-order valence-corrected chi connectivity index (χ3v) is 4.77. The molecule has 1 aromatic rings. The largest absolute Gasteiger partial charge is 0.302 e. The van der Waals surface area contributed by atoms with Crippen molar-refractivity contribution in [1.29, 1.82) is 0 Å². The number of hydrogen-bond acceptors (Lipinski definition) is 3. The monoisotopic (exact) mass is 263 g/mol. The van der Waals surface area contributed by atoms with E-state index < -0.39 is 9.84 Å². The molecular formula is C14H17NO2S. The minimum Gasteiger partial charge on any atom is -0.302 e. The maximum Gasteiger partial charge on any atom is 0.151 e. The van der Waals surface area contributed by atoms with Gasteiger partial charge in [-0.2, -0.15) is 0 Å². The zero-order valence-corrected chi connectivity index (χ0v) is 11.0. The van der Waals surface area contributed by atoms with E-state index in [1.807, 2.05) is 30.3 Å². The van der Waals surface area contributed by atoms with Crippen molar-refractivity contribution < 1.29 is 8.42 Å². The van der Waals surface area contributed by atoms with Gasteiger partial charge in [-0.05, 0) is 25.0 Å². The van der Waals surface area contributed by atoms with Gasteiger partial charge in [-0.1, -0.05) is 30.0 Å². The van der Waals surface area contributed by atoms with Crippen molar-refractivity contribution in [3.05, 3.63) is 35.9 Å². The Kier molecular flexibility index (Phi) is 4.40. The van der Waals surface area contributed by atoms with E-state index in [1.54, 1.807) is 0 Å². The Labute approximate surface area is 109 Å². The maximum absolute atomic E-state index is 11.4. The van der Waals surface area contributed by atoms with Crippen LogP contribution in [0.25, 0.3) is 0 Å². The van der Waals surface area contributed by atoms with Gasteiger partial charge in [0.05, 0.1) is 18.1 Å². The van der Waals surface area contributed by atoms with Gasteiger partial charge in [0.1, 0.15) is 0 Å². The molecule has 0 saturated carbocycles. The number of nitrogens with one attached hydrogen (secondary N) is 1. The summed E-state index contributed by atoms with van der Waals surface area (Å²) in [6.45, 7) is 0.537. The zero-order chi connectivity index (χ0) is 12.8. The van der Waals surface area contributed by atoms with Crippen molar-refractivity contribution in [3.63, 3.8) is 0 Å². The summed E-state index contributed by atoms with van der Waals surface area (Å²) in [4.78, 5) is 0. The van der Waals surface area contributed by atoms with Crippen LogP contribution >= 0.6 is 0 Å². The molecule has 96 valence electrons. The van der Waals surface area contributed by atoms with Crippen LogP contribution < -0.4 is 5.32 Å². The van der Waals surface area contributed by atoms with Gasteiger partial charge in [-0.3, -0.25) is 0 Å². The topological polar surface area (TPSA) is 46.2 Å². The van der Waals surface area contributed by atoms with Gasteiger partial charge in [-0.25, -0.2) is 8.42 Å². The summed E-state index contributed by atoms with van der Waals surface area (Å²) in [6.07, 6.45) is 1.68. The third-order valence-electron chi connectivity index (χ3n) is 2.95. The number of hydrogen-bond donors (Lipinski definition) is 1. The lowest BCUT2D eigenvalue weighted by Gasteiger charge is -2.21. The minimum atomic E-state index is -2.83. The quantitative estimate of drug-likeness (QED) is 0.816. The molecule has 1 fully saturated rings. The molecule has 3 nitrogen and oxygen atoms in total. The molecule has 1 unspecified atom stereocenters. The van der Waals surface area contributed by atoms with Gasteiger partial charge in [-0.15, -0.1) is 0 Å². The van der Waals surface area contributed by atoms with E-state index in [2.05, 4.69) is 17.2 Å². The fourth-order valence-electron chi connectivity index (χ4n) is 2.05. The standard InChI is InChI=1S/C14H17NO2S/c16-18(17)11-5-9-14(12-18)15-10-4-8-13-6-2-1-3-7-13/h1-3,6-7,14-15H,5,9-12H2. The van der Waals surface area contributed by atoms with E-state index >= 15 is 0 Å². The Balaban J connectivity index is 1.81. The first kappa shape index (κ1) is 13.1. The Morgan fingerprint density at radius 3 is 2.78 bits per heavy atom. The highest BCUT2D eigenvalue weighted by molar-refractivity contribution is 7.91. The first-order valence-corrected chi connectivity index (χ1v) is 7.96. The third kappa shape index (κ3) is 4.17. The van der Waals surface area contributed by atoms with E-state index in [0.717, 1.165) is 18.4 Å². The second-order valence-electron chi connectivity index (χ2n) is 4.50. The highest BCUT2D eigenvalue weighted by atomic mass is 32.2. The van der Waals surface area contributed by atoms with Crippen LogP contribution in [0, 0.1) is 11.8 Å². The molecule has 0 bridgehead atoms. The molecule has 0 aliphatic carbocycles. The van der Waals surface area contributed by atoms with Crippen molar-refractivity contribution in [2.45, 2.75) is 18.9 Å². The molecule has 4 heteroatoms. The van der Waals surface area contributed by atoms with E-state index in [0.29, 0.717) is 12.3 Å². The fraction of sp³-hybridized carbons (Fsp3) is 0.429. The molecule has 1 aliphatic rings. The summed E-state index contributed by atoms with van der Waals surface area (Å²) in [5.74, 6) is 6.65. The van der Waals surface area contributed by atoms with Gasteiger partial charge in [0.2, 0.25) is 0 Å². The van der Waals surface area contributed by atoms with Crippen molar-refractivity contribution >= 4 is 9.84 Å². The molecule has 2 rings (SSSR count). The molecule has 18 heavy (non-hydrogen) atoms. The highest BCUT2D eigenvalue weighted by Gasteiger charge is 2.23. The molecule has 1 aliphatic heterocycles. The predicted octanol–water partition coefficient (Wildman–Crippen LogP) is 1.20. The predicted molar refractivity (Wildman–Crippen MR) is 73.0 cm³/mol. The first-order chi connectivity index (χ1) is 8.66. The zero-order valence-electron chi connectivity index (χ0n) is 10.2. The van der Waals surface area contributed by atoms with Crippen LogP contribution in [0.4, 0.5) is 0 Å². The van der Waals surface area contributed by atoms with Crippen LogP contribution in [0.3, 0.4) is 0 Å². The van der Waals surface area contributed by atoms with E-state index in [-0.39, 0.29) is 11.8 Å². The summed E-state index contributed by atoms with van der Waals surface area (Å²) in [7, 11) is -2.83. The normalized spacial score (nSPS) is 21.9. The summed E-state index contributed by atoms with van der Waals surface area (Å²) >= 11 is 0. The Morgan fingerprint density at radius 2 is 2.06 bits per heavy atom. The second-order valence-corrected chi connectivity index (χ2v) is 6.73. The first-order valence-electron chi connectivity index (χ1n) is 6.13. The van der Waals surface area contributed by atoms with Gasteiger partial charge in [0, 0.05) is 11.6 Å². The SMILES string of the molecule is O=S1(=O)CCCC(NCC#Cc2ccccc2)C1. The number of benzene rings is 1. The number of sulfone groups is 1. The molecule has 1 aromatic carbocycles. The van der Waals surface area contributed by atoms with Gasteiger partial charge in [0.25, 0.3) is 0 Å². The van der Waals surface area contributed by atoms with Crippen molar-refractivity contribution in [1.82, 2.24) is 5.32 Å². The van der Waals surface area contributed by atoms with Gasteiger partial charge < -0.3 is 5.32 Å². The Hall–Kier alpha value is -1.31. The van der Waals surface area contributed by atoms with Crippen molar-refractivity contribution in [3.8, 4) is 11.8 Å². The van der Waals surface area contributed by atoms with E-state index in [1.165, 1.54) is 0 Å². The summed E-state index contributed by atoms with van der Waals surface area (Å²) in [5.41, 5.74) is 0.982. The number of rotatable bonds is 2. The molecule has 1 saturated heterocycles. The Morgan fingerprint density at radius 1 is 1.28 bits per heavy atom. The average Bonchev–Trinajstić information content (AvgIpc) is 2.35. The molecule has 1 atom stereocenters. The Bertz CT molecular complexity index is 540. The summed E-state index contributed by atoms with van der Waals surface area (Å²) in [5, 5.41) is 3.19. The van der Waals surface area contributed by atoms with Gasteiger partial charge in [0.15, 0.2) is 9.84 Å². The molecule has 0 spiro atoms. The van der Waals surface area contributed by atoms with Crippen LogP contribution in [0.1, 0.15) is 18.4 Å². The fourth-order valence-corrected chi connectivity index (χ4v) is 3.72. The van der Waals surface area contributed by atoms with Crippen LogP contribution in [-0.4, -0.2) is 32.5 Å². The smallest absolute Gasteiger partial charge is 0.151 e. The lowest BCUT2D eigenvalue weighted by molar-refractivity contribution is 0.501. The minimum absolute atomic E-state index is 0.0637. The average molecular weight is 263 g/mol. The molecular weight excluding hydrogens is 246 g/mol. The van der Waals surface area contributed by atoms with Crippen molar-refractivity contribution in [2.75, 3.05) is 18.1 Å². The van der Waals surface area contributed by atoms with Crippen LogP contribution in [0.2, 0.25) is 0 Å². The lowest BCUT2D eigenvalue weighted by atomic mass is 10.2. The van der Waals surface area contributed by atoms with E-state index in [4.69, 9.17) is 0 Å². The summed E-state index contributed by atoms with van der Waals surface area (Å²) < 4.78 is 22.9. The highest BCUT2D eigenvalue weighted by Crippen LogP contribution is 2.11. The molecule has 0 aromatic heterocycles.